The first-order valence-electron chi connectivity index (χ1n) is 14.7. The van der Waals surface area contributed by atoms with Crippen molar-refractivity contribution in [3.63, 3.8) is 0 Å². The van der Waals surface area contributed by atoms with Crippen LogP contribution in [0.15, 0.2) is 48.7 Å². The summed E-state index contributed by atoms with van der Waals surface area (Å²) in [5.41, 5.74) is 7.13. The van der Waals surface area contributed by atoms with E-state index in [1.165, 1.54) is 61.9 Å². The molecule has 0 amide bonds. The van der Waals surface area contributed by atoms with Gasteiger partial charge in [-0.05, 0) is 99.6 Å². The van der Waals surface area contributed by atoms with Crippen LogP contribution in [-0.4, -0.2) is 27.8 Å². The molecule has 4 heterocycles. The predicted octanol–water partition coefficient (Wildman–Crippen LogP) is 8.07. The maximum absolute atomic E-state index is 6.99. The molecule has 3 aliphatic rings. The molecule has 0 unspecified atom stereocenters. The second-order valence-corrected chi connectivity index (χ2v) is 12.6. The molecule has 0 spiro atoms. The van der Waals surface area contributed by atoms with Gasteiger partial charge in [0.2, 0.25) is 0 Å². The number of piperidine rings is 1. The van der Waals surface area contributed by atoms with E-state index < -0.39 is 0 Å². The lowest BCUT2D eigenvalue weighted by atomic mass is 9.94. The molecule has 3 fully saturated rings. The van der Waals surface area contributed by atoms with Crippen LogP contribution in [0.5, 0.6) is 0 Å². The molecule has 6 rings (SSSR count). The topological polar surface area (TPSA) is 36.3 Å². The summed E-state index contributed by atoms with van der Waals surface area (Å²) < 4.78 is 2.59. The Labute approximate surface area is 243 Å². The Hall–Kier alpha value is -2.57. The van der Waals surface area contributed by atoms with E-state index in [0.29, 0.717) is 11.2 Å². The molecule has 2 aliphatic heterocycles. The van der Waals surface area contributed by atoms with E-state index in [1.54, 1.807) is 0 Å². The molecular formula is C32H40ClN5S. The lowest BCUT2D eigenvalue weighted by Crippen LogP contribution is -2.33. The van der Waals surface area contributed by atoms with Crippen LogP contribution >= 0.6 is 23.8 Å². The SMILES string of the molecule is Cc1cc([C@@H]2[C@H](c3ccccn3)NC(=S)N2c2ccc(N3CCC(C)CC3)c(Cl)c2)c(C)n1C1CCCCC1. The van der Waals surface area contributed by atoms with Gasteiger partial charge in [-0.3, -0.25) is 4.98 Å². The van der Waals surface area contributed by atoms with E-state index in [2.05, 4.69) is 76.9 Å². The number of nitrogens with zero attached hydrogens (tertiary/aromatic N) is 4. The lowest BCUT2D eigenvalue weighted by Gasteiger charge is -2.33. The van der Waals surface area contributed by atoms with Gasteiger partial charge in [0, 0.05) is 42.4 Å². The molecule has 7 heteroatoms. The van der Waals surface area contributed by atoms with Crippen molar-refractivity contribution in [2.45, 2.75) is 83.8 Å². The molecule has 0 radical (unpaired) electrons. The normalized spacial score (nSPS) is 22.9. The molecule has 1 aromatic carbocycles. The number of hydrogen-bond acceptors (Lipinski definition) is 3. The summed E-state index contributed by atoms with van der Waals surface area (Å²) in [4.78, 5) is 9.46. The number of anilines is 2. The molecule has 2 aromatic heterocycles. The van der Waals surface area contributed by atoms with Crippen molar-refractivity contribution in [3.05, 3.63) is 76.3 Å². The van der Waals surface area contributed by atoms with Gasteiger partial charge < -0.3 is 19.7 Å². The summed E-state index contributed by atoms with van der Waals surface area (Å²) in [5, 5.41) is 5.14. The average molecular weight is 562 g/mol. The standard InChI is InChI=1S/C32H40ClN5S/c1-21-14-17-36(18-15-21)29-13-12-25(20-27(29)33)38-31(30(35-32(38)39)28-11-7-8-16-34-28)26-19-22(2)37(23(26)3)24-9-5-4-6-10-24/h7-8,11-13,16,19-21,24,30-31H,4-6,9-10,14-15,17-18H2,1-3H3,(H,35,39)/t30-,31+/m0/s1. The lowest BCUT2D eigenvalue weighted by molar-refractivity contribution is 0.345. The smallest absolute Gasteiger partial charge is 0.174 e. The quantitative estimate of drug-likeness (QED) is 0.319. The highest BCUT2D eigenvalue weighted by molar-refractivity contribution is 7.80. The van der Waals surface area contributed by atoms with E-state index in [0.717, 1.165) is 41.1 Å². The minimum Gasteiger partial charge on any atom is -0.370 e. The van der Waals surface area contributed by atoms with E-state index in [-0.39, 0.29) is 12.1 Å². The van der Waals surface area contributed by atoms with Gasteiger partial charge in [0.05, 0.1) is 28.5 Å². The Morgan fingerprint density at radius 3 is 2.44 bits per heavy atom. The Morgan fingerprint density at radius 1 is 0.974 bits per heavy atom. The van der Waals surface area contributed by atoms with Gasteiger partial charge in [-0.15, -0.1) is 0 Å². The Morgan fingerprint density at radius 2 is 1.74 bits per heavy atom. The van der Waals surface area contributed by atoms with Crippen LogP contribution in [0.2, 0.25) is 5.02 Å². The van der Waals surface area contributed by atoms with Crippen molar-refractivity contribution in [2.24, 2.45) is 5.92 Å². The molecular weight excluding hydrogens is 522 g/mol. The van der Waals surface area contributed by atoms with E-state index in [4.69, 9.17) is 28.8 Å². The third-order valence-corrected chi connectivity index (χ3v) is 9.83. The van der Waals surface area contributed by atoms with Crippen molar-refractivity contribution < 1.29 is 0 Å². The molecule has 5 nitrogen and oxygen atoms in total. The minimum atomic E-state index is -0.0546. The molecule has 1 saturated carbocycles. The van der Waals surface area contributed by atoms with Crippen molar-refractivity contribution in [1.82, 2.24) is 14.9 Å². The molecule has 3 aromatic rings. The van der Waals surface area contributed by atoms with Crippen LogP contribution in [0.1, 0.15) is 92.6 Å². The maximum Gasteiger partial charge on any atom is 0.174 e. The van der Waals surface area contributed by atoms with Gasteiger partial charge in [-0.2, -0.15) is 0 Å². The summed E-state index contributed by atoms with van der Waals surface area (Å²) >= 11 is 13.0. The number of aryl methyl sites for hydroxylation is 1. The van der Waals surface area contributed by atoms with Crippen molar-refractivity contribution in [3.8, 4) is 0 Å². The monoisotopic (exact) mass is 561 g/mol. The van der Waals surface area contributed by atoms with E-state index in [9.17, 15) is 0 Å². The predicted molar refractivity (Wildman–Crippen MR) is 166 cm³/mol. The molecule has 0 bridgehead atoms. The van der Waals surface area contributed by atoms with Gasteiger partial charge >= 0.3 is 0 Å². The first-order valence-corrected chi connectivity index (χ1v) is 15.4. The average Bonchev–Trinajstić information content (AvgIpc) is 3.45. The molecule has 39 heavy (non-hydrogen) atoms. The van der Waals surface area contributed by atoms with Gasteiger partial charge in [-0.25, -0.2) is 0 Å². The first kappa shape index (κ1) is 26.6. The number of rotatable bonds is 5. The van der Waals surface area contributed by atoms with Crippen LogP contribution in [0.3, 0.4) is 0 Å². The summed E-state index contributed by atoms with van der Waals surface area (Å²) in [7, 11) is 0. The highest BCUT2D eigenvalue weighted by Gasteiger charge is 2.42. The second kappa shape index (κ2) is 11.1. The molecule has 1 aliphatic carbocycles. The second-order valence-electron chi connectivity index (χ2n) is 11.8. The van der Waals surface area contributed by atoms with Crippen molar-refractivity contribution in [2.75, 3.05) is 22.9 Å². The summed E-state index contributed by atoms with van der Waals surface area (Å²) in [5.74, 6) is 0.782. The Balaban J connectivity index is 1.40. The summed E-state index contributed by atoms with van der Waals surface area (Å²) in [6.45, 7) is 9.01. The minimum absolute atomic E-state index is 0.0197. The van der Waals surface area contributed by atoms with Crippen molar-refractivity contribution in [1.29, 1.82) is 0 Å². The zero-order valence-electron chi connectivity index (χ0n) is 23.4. The van der Waals surface area contributed by atoms with Crippen LogP contribution in [0, 0.1) is 19.8 Å². The van der Waals surface area contributed by atoms with Crippen LogP contribution in [0.25, 0.3) is 0 Å². The van der Waals surface area contributed by atoms with Gasteiger partial charge in [0.25, 0.3) is 0 Å². The number of pyridine rings is 1. The fourth-order valence-electron chi connectivity index (χ4n) is 7.10. The van der Waals surface area contributed by atoms with E-state index >= 15 is 0 Å². The van der Waals surface area contributed by atoms with Crippen LogP contribution in [-0.2, 0) is 0 Å². The van der Waals surface area contributed by atoms with Crippen molar-refractivity contribution >= 4 is 40.3 Å². The van der Waals surface area contributed by atoms with E-state index in [1.807, 2.05) is 12.3 Å². The fourth-order valence-corrected chi connectivity index (χ4v) is 7.74. The highest BCUT2D eigenvalue weighted by atomic mass is 35.5. The number of halogens is 1. The maximum atomic E-state index is 6.99. The Kier molecular flexibility index (Phi) is 7.60. The number of hydrogen-bond donors (Lipinski definition) is 1. The molecule has 206 valence electrons. The summed E-state index contributed by atoms with van der Waals surface area (Å²) in [6.07, 6.45) is 10.8. The van der Waals surface area contributed by atoms with Crippen LogP contribution in [0.4, 0.5) is 11.4 Å². The summed E-state index contributed by atoms with van der Waals surface area (Å²) in [6, 6.07) is 15.5. The number of aromatic nitrogens is 2. The van der Waals surface area contributed by atoms with Gasteiger partial charge in [-0.1, -0.05) is 43.9 Å². The number of benzene rings is 1. The van der Waals surface area contributed by atoms with Gasteiger partial charge in [0.15, 0.2) is 5.11 Å². The zero-order valence-corrected chi connectivity index (χ0v) is 24.9. The number of nitrogens with one attached hydrogen (secondary N) is 1. The third-order valence-electron chi connectivity index (χ3n) is 9.21. The Bertz CT molecular complexity index is 1320. The first-order chi connectivity index (χ1) is 18.9. The van der Waals surface area contributed by atoms with Crippen LogP contribution < -0.4 is 15.1 Å². The highest BCUT2D eigenvalue weighted by Crippen LogP contribution is 2.46. The molecule has 2 atom stereocenters. The largest absolute Gasteiger partial charge is 0.370 e. The number of thiocarbonyl (C=S) groups is 1. The van der Waals surface area contributed by atoms with Gasteiger partial charge in [0.1, 0.15) is 0 Å². The molecule has 2 saturated heterocycles. The fraction of sp³-hybridized carbons (Fsp3) is 0.500. The zero-order chi connectivity index (χ0) is 27.1. The third kappa shape index (κ3) is 5.06. The molecule has 1 N–H and O–H groups in total.